The minimum absolute atomic E-state index is 0.171. The summed E-state index contributed by atoms with van der Waals surface area (Å²) >= 11 is 5.16. The third kappa shape index (κ3) is 5.01. The summed E-state index contributed by atoms with van der Waals surface area (Å²) in [6, 6.07) is 1.43. The Hall–Kier alpha value is -0.0100. The van der Waals surface area contributed by atoms with Crippen molar-refractivity contribution in [3.8, 4) is 0 Å². The molecule has 0 saturated carbocycles. The van der Waals surface area contributed by atoms with Gasteiger partial charge in [0.25, 0.3) is 0 Å². The Labute approximate surface area is 119 Å². The molecule has 1 heterocycles. The summed E-state index contributed by atoms with van der Waals surface area (Å²) in [5.41, 5.74) is 0.260. The maximum atomic E-state index is 11.5. The molecular weight excluding hydrogens is 405 g/mol. The van der Waals surface area contributed by atoms with E-state index in [4.69, 9.17) is 16.2 Å². The van der Waals surface area contributed by atoms with Crippen LogP contribution in [0.15, 0.2) is 12.3 Å². The van der Waals surface area contributed by atoms with Crippen LogP contribution in [0.5, 0.6) is 0 Å². The maximum Gasteiger partial charge on any atom is 0.246 e. The number of nitrogens with zero attached hydrogens (tertiary/aromatic N) is 1. The number of halogens is 2. The van der Waals surface area contributed by atoms with Crippen LogP contribution in [0.4, 0.5) is 5.69 Å². The fourth-order valence-electron chi connectivity index (χ4n) is 0.829. The third-order valence-electron chi connectivity index (χ3n) is 1.48. The lowest BCUT2D eigenvalue weighted by Crippen LogP contribution is -2.29. The van der Waals surface area contributed by atoms with E-state index in [2.05, 4.69) is 9.71 Å². The zero-order valence-electron chi connectivity index (χ0n) is 8.05. The van der Waals surface area contributed by atoms with E-state index < -0.39 is 27.2 Å². The molecule has 0 aromatic carbocycles. The molecule has 0 amide bonds. The largest absolute Gasteiger partial charge is 0.294 e. The highest BCUT2D eigenvalue weighted by molar-refractivity contribution is 14.1. The quantitative estimate of drug-likeness (QED) is 0.377. The van der Waals surface area contributed by atoms with Crippen molar-refractivity contribution in [3.63, 3.8) is 0 Å². The highest BCUT2D eigenvalue weighted by Crippen LogP contribution is 2.24. The number of rotatable bonds is 5. The second kappa shape index (κ2) is 6.24. The zero-order chi connectivity index (χ0) is 13.1. The van der Waals surface area contributed by atoms with Crippen LogP contribution < -0.4 is 9.44 Å². The van der Waals surface area contributed by atoms with E-state index in [0.717, 1.165) is 0 Å². The van der Waals surface area contributed by atoms with Gasteiger partial charge in [0.15, 0.2) is 0 Å². The van der Waals surface area contributed by atoms with Gasteiger partial charge in [-0.25, -0.2) is 17.6 Å². The molecule has 0 bridgehead atoms. The van der Waals surface area contributed by atoms with Crippen molar-refractivity contribution >= 4 is 61.2 Å². The summed E-state index contributed by atoms with van der Waals surface area (Å²) in [5, 5.41) is 0.171. The maximum absolute atomic E-state index is 11.5. The molecule has 0 fully saturated rings. The first kappa shape index (κ1) is 15.0. The molecule has 0 aliphatic carbocycles. The first-order valence-electron chi connectivity index (χ1n) is 3.96. The Bertz CT molecular complexity index is 538. The van der Waals surface area contributed by atoms with Crippen LogP contribution in [0.25, 0.3) is 0 Å². The van der Waals surface area contributed by atoms with Crippen LogP contribution in [0.2, 0.25) is 5.15 Å². The van der Waals surface area contributed by atoms with Crippen LogP contribution >= 0.6 is 34.2 Å². The van der Waals surface area contributed by atoms with Crippen molar-refractivity contribution in [2.75, 3.05) is 10.6 Å². The second-order valence-electron chi connectivity index (χ2n) is 2.72. The van der Waals surface area contributed by atoms with Crippen LogP contribution in [0.3, 0.4) is 0 Å². The van der Waals surface area contributed by atoms with Crippen molar-refractivity contribution in [3.05, 3.63) is 21.0 Å². The van der Waals surface area contributed by atoms with E-state index in [1.54, 1.807) is 0 Å². The second-order valence-corrected chi connectivity index (χ2v) is 6.66. The molecule has 96 valence electrons. The van der Waals surface area contributed by atoms with E-state index in [1.165, 1.54) is 12.3 Å². The molecule has 1 unspecified atom stereocenters. The number of sulfonamides is 1. The molecule has 1 aromatic rings. The Morgan fingerprint density at radius 2 is 2.24 bits per heavy atom. The summed E-state index contributed by atoms with van der Waals surface area (Å²) in [5.74, 6) is -0.688. The molecule has 7 nitrogen and oxygen atoms in total. The summed E-state index contributed by atoms with van der Waals surface area (Å²) in [6.45, 7) is 0. The van der Waals surface area contributed by atoms with E-state index in [-0.39, 0.29) is 10.8 Å². The van der Waals surface area contributed by atoms with Crippen LogP contribution in [-0.4, -0.2) is 28.0 Å². The van der Waals surface area contributed by atoms with Gasteiger partial charge in [-0.05, 0) is 28.7 Å². The van der Waals surface area contributed by atoms with Crippen LogP contribution in [0.1, 0.15) is 0 Å². The van der Waals surface area contributed by atoms with Gasteiger partial charge in [0.2, 0.25) is 21.3 Å². The van der Waals surface area contributed by atoms with Gasteiger partial charge in [-0.3, -0.25) is 9.27 Å². The average Bonchev–Trinajstić information content (AvgIpc) is 2.22. The van der Waals surface area contributed by atoms with Gasteiger partial charge < -0.3 is 0 Å². The Balaban J connectivity index is 2.83. The van der Waals surface area contributed by atoms with Gasteiger partial charge in [0, 0.05) is 6.20 Å². The van der Waals surface area contributed by atoms with Crippen LogP contribution in [0, 0.1) is 3.57 Å². The smallest absolute Gasteiger partial charge is 0.246 e. The van der Waals surface area contributed by atoms with Gasteiger partial charge in [0.1, 0.15) is 11.0 Å². The number of pyridine rings is 1. The van der Waals surface area contributed by atoms with E-state index in [1.807, 2.05) is 27.3 Å². The Morgan fingerprint density at radius 3 is 2.82 bits per heavy atom. The molecule has 17 heavy (non-hydrogen) atoms. The molecular formula is C6H7ClIN3O4S2. The molecule has 0 aliphatic rings. The van der Waals surface area contributed by atoms with Gasteiger partial charge in [0.05, 0.1) is 9.26 Å². The lowest BCUT2D eigenvalue weighted by atomic mass is 10.4. The monoisotopic (exact) mass is 411 g/mol. The molecule has 0 radical (unpaired) electrons. The van der Waals surface area contributed by atoms with Gasteiger partial charge in [-0.1, -0.05) is 11.6 Å². The predicted molar refractivity (Wildman–Crippen MR) is 73.3 cm³/mol. The minimum atomic E-state index is -3.77. The summed E-state index contributed by atoms with van der Waals surface area (Å²) < 4.78 is 46.2. The standard InChI is InChI=1S/C6H7ClIN3O4S2/c7-6-5(8)4(1-2-9-6)11-17(14,15)3-10-16(12)13/h1-2,10H,3H2,(H,9,11)(H,12,13). The van der Waals surface area contributed by atoms with Gasteiger partial charge in [-0.15, -0.1) is 0 Å². The average molecular weight is 412 g/mol. The van der Waals surface area contributed by atoms with Crippen molar-refractivity contribution in [1.29, 1.82) is 0 Å². The first-order valence-corrected chi connectivity index (χ1v) is 8.18. The minimum Gasteiger partial charge on any atom is -0.294 e. The van der Waals surface area contributed by atoms with Crippen molar-refractivity contribution in [2.45, 2.75) is 0 Å². The molecule has 0 spiro atoms. The number of nitrogens with one attached hydrogen (secondary N) is 2. The van der Waals surface area contributed by atoms with Crippen LogP contribution in [-0.2, 0) is 21.3 Å². The summed E-state index contributed by atoms with van der Waals surface area (Å²) in [6.07, 6.45) is 1.35. The fraction of sp³-hybridized carbons (Fsp3) is 0.167. The van der Waals surface area contributed by atoms with Gasteiger partial charge in [-0.2, -0.15) is 4.72 Å². The summed E-state index contributed by atoms with van der Waals surface area (Å²) in [4.78, 5) is 3.76. The molecule has 3 N–H and O–H groups in total. The molecule has 1 rings (SSSR count). The van der Waals surface area contributed by atoms with Crippen molar-refractivity contribution in [2.24, 2.45) is 0 Å². The zero-order valence-corrected chi connectivity index (χ0v) is 12.6. The van der Waals surface area contributed by atoms with Crippen molar-refractivity contribution in [1.82, 2.24) is 9.71 Å². The molecule has 0 aliphatic heterocycles. The topological polar surface area (TPSA) is 108 Å². The molecule has 1 aromatic heterocycles. The molecule has 1 atom stereocenters. The Kier molecular flexibility index (Phi) is 5.53. The first-order chi connectivity index (χ1) is 7.82. The number of hydrogen-bond donors (Lipinski definition) is 3. The van der Waals surface area contributed by atoms with E-state index >= 15 is 0 Å². The number of aromatic nitrogens is 1. The third-order valence-corrected chi connectivity index (χ3v) is 4.81. The van der Waals surface area contributed by atoms with Crippen molar-refractivity contribution < 1.29 is 17.2 Å². The SMILES string of the molecule is O=S(O)NCS(=O)(=O)Nc1ccnc(Cl)c1I. The van der Waals surface area contributed by atoms with E-state index in [9.17, 15) is 12.6 Å². The predicted octanol–water partition coefficient (Wildman–Crippen LogP) is 0.765. The Morgan fingerprint density at radius 1 is 1.59 bits per heavy atom. The highest BCUT2D eigenvalue weighted by atomic mass is 127. The normalized spacial score (nSPS) is 13.4. The summed E-state index contributed by atoms with van der Waals surface area (Å²) in [7, 11) is -3.77. The number of anilines is 1. The van der Waals surface area contributed by atoms with Gasteiger partial charge >= 0.3 is 0 Å². The molecule has 0 saturated heterocycles. The van der Waals surface area contributed by atoms with E-state index in [0.29, 0.717) is 3.57 Å². The lowest BCUT2D eigenvalue weighted by Gasteiger charge is -2.09. The highest BCUT2D eigenvalue weighted by Gasteiger charge is 2.14. The molecule has 11 heteroatoms. The fourth-order valence-corrected chi connectivity index (χ4v) is 3.22. The number of hydrogen-bond acceptors (Lipinski definition) is 4. The lowest BCUT2D eigenvalue weighted by molar-refractivity contribution is 0.550.